The van der Waals surface area contributed by atoms with Gasteiger partial charge in [0.05, 0.1) is 27.2 Å². The Kier molecular flexibility index (Phi) is 5.76. The maximum absolute atomic E-state index is 14.9. The van der Waals surface area contributed by atoms with Crippen LogP contribution < -0.4 is 10.6 Å². The number of alkyl halides is 2. The molecule has 4 aliphatic rings. The highest BCUT2D eigenvalue weighted by molar-refractivity contribution is 7.17. The number of halogens is 3. The molecule has 34 heavy (non-hydrogen) atoms. The maximum Gasteiger partial charge on any atom is 0.271 e. The number of nitrogens with zero attached hydrogens (tertiary/aromatic N) is 2. The van der Waals surface area contributed by atoms with Crippen LogP contribution in [0, 0.1) is 23.2 Å². The average molecular weight is 510 g/mol. The number of rotatable bonds is 5. The van der Waals surface area contributed by atoms with Crippen molar-refractivity contribution in [3.63, 3.8) is 0 Å². The topological polar surface area (TPSA) is 118 Å². The van der Waals surface area contributed by atoms with Crippen molar-refractivity contribution in [1.29, 1.82) is 5.26 Å². The number of amides is 3. The molecule has 2 aromatic rings. The van der Waals surface area contributed by atoms with Gasteiger partial charge in [0.2, 0.25) is 11.8 Å². The lowest BCUT2D eigenvalue weighted by Gasteiger charge is -2.53. The predicted octanol–water partition coefficient (Wildman–Crippen LogP) is 3.05. The van der Waals surface area contributed by atoms with Crippen molar-refractivity contribution in [3.05, 3.63) is 22.2 Å². The summed E-state index contributed by atoms with van der Waals surface area (Å²) >= 11 is 7.49. The van der Waals surface area contributed by atoms with Crippen molar-refractivity contribution >= 4 is 50.9 Å². The van der Waals surface area contributed by atoms with Crippen LogP contribution in [0.3, 0.4) is 0 Å². The number of aromatic amines is 1. The van der Waals surface area contributed by atoms with E-state index in [1.54, 1.807) is 11.4 Å². The number of nitrogens with one attached hydrogen (secondary N) is 3. The molecule has 180 valence electrons. The molecule has 5 heterocycles. The first kappa shape index (κ1) is 23.1. The van der Waals surface area contributed by atoms with Gasteiger partial charge in [-0.25, -0.2) is 8.78 Å². The Labute approximate surface area is 202 Å². The van der Waals surface area contributed by atoms with E-state index in [-0.39, 0.29) is 24.4 Å². The van der Waals surface area contributed by atoms with E-state index in [4.69, 9.17) is 11.6 Å². The number of nitriles is 1. The van der Waals surface area contributed by atoms with Crippen molar-refractivity contribution in [1.82, 2.24) is 20.5 Å². The van der Waals surface area contributed by atoms with Gasteiger partial charge < -0.3 is 20.5 Å². The van der Waals surface area contributed by atoms with Gasteiger partial charge in [0.15, 0.2) is 0 Å². The van der Waals surface area contributed by atoms with E-state index < -0.39 is 54.1 Å². The number of carbonyl (C=O) groups is 3. The van der Waals surface area contributed by atoms with Crippen molar-refractivity contribution < 1.29 is 23.2 Å². The van der Waals surface area contributed by atoms with Crippen molar-refractivity contribution in [3.8, 4) is 6.07 Å². The average Bonchev–Trinajstić information content (AvgIpc) is 3.49. The van der Waals surface area contributed by atoms with E-state index in [1.807, 2.05) is 6.07 Å². The summed E-state index contributed by atoms with van der Waals surface area (Å²) in [7, 11) is 0. The molecule has 0 radical (unpaired) electrons. The minimum absolute atomic E-state index is 0.0879. The van der Waals surface area contributed by atoms with Gasteiger partial charge in [-0.2, -0.15) is 5.26 Å². The summed E-state index contributed by atoms with van der Waals surface area (Å²) in [4.78, 5) is 42.9. The minimum atomic E-state index is -3.10. The van der Waals surface area contributed by atoms with Crippen molar-refractivity contribution in [2.24, 2.45) is 11.8 Å². The monoisotopic (exact) mass is 509 g/mol. The summed E-state index contributed by atoms with van der Waals surface area (Å²) in [6.45, 7) is 0.494. The largest absolute Gasteiger partial charge is 0.356 e. The Bertz CT molecular complexity index is 1210. The Morgan fingerprint density at radius 3 is 2.82 bits per heavy atom. The molecule has 1 saturated carbocycles. The highest BCUT2D eigenvalue weighted by Crippen LogP contribution is 2.49. The highest BCUT2D eigenvalue weighted by Gasteiger charge is 2.60. The van der Waals surface area contributed by atoms with Crippen LogP contribution in [0.2, 0.25) is 5.02 Å². The molecular formula is C22H22ClF2N5O3S. The van der Waals surface area contributed by atoms with E-state index in [2.05, 4.69) is 15.6 Å². The number of hydrogen-bond acceptors (Lipinski definition) is 5. The van der Waals surface area contributed by atoms with Gasteiger partial charge in [-0.1, -0.05) is 11.6 Å². The highest BCUT2D eigenvalue weighted by atomic mass is 35.5. The van der Waals surface area contributed by atoms with Crippen LogP contribution in [-0.4, -0.2) is 58.2 Å². The van der Waals surface area contributed by atoms with Crippen LogP contribution in [0.15, 0.2) is 11.4 Å². The zero-order valence-electron chi connectivity index (χ0n) is 17.9. The third-order valence-corrected chi connectivity index (χ3v) is 8.49. The molecule has 0 unspecified atom stereocenters. The minimum Gasteiger partial charge on any atom is -0.356 e. The molecule has 12 heteroatoms. The molecule has 0 aromatic carbocycles. The number of fused-ring (bicyclic) bond motifs is 4. The third kappa shape index (κ3) is 3.82. The number of H-pyrrole nitrogens is 1. The molecule has 8 nitrogen and oxygen atoms in total. The summed E-state index contributed by atoms with van der Waals surface area (Å²) in [5, 5.41) is 16.9. The fourth-order valence-electron chi connectivity index (χ4n) is 5.49. The predicted molar refractivity (Wildman–Crippen MR) is 120 cm³/mol. The van der Waals surface area contributed by atoms with Crippen LogP contribution in [-0.2, 0) is 9.59 Å². The number of carbonyl (C=O) groups excluding carboxylic acids is 3. The fraction of sp³-hybridized carbons (Fsp3) is 0.545. The quantitative estimate of drug-likeness (QED) is 0.574. The summed E-state index contributed by atoms with van der Waals surface area (Å²) < 4.78 is 30.5. The lowest BCUT2D eigenvalue weighted by molar-refractivity contribution is -0.179. The standard InChI is InChI=1S/C22H22ClF2N5O3S/c23-14-9-34-16-6-15(29-17(14)16)21(33)30-12-1-2-13(22(24,25)7-12)18(30)20(32)28-11(8-26)5-10-3-4-27-19(10)31/h6,9-13,18,29H,1-5,7H2,(H,27,31)(H,28,32)/t10-,11+,12-,13-,18+/m0/s1. The summed E-state index contributed by atoms with van der Waals surface area (Å²) in [6, 6.07) is 0.323. The van der Waals surface area contributed by atoms with Gasteiger partial charge in [0, 0.05) is 30.3 Å². The van der Waals surface area contributed by atoms with Crippen LogP contribution in [0.1, 0.15) is 42.6 Å². The Hall–Kier alpha value is -2.71. The number of piperidine rings is 2. The van der Waals surface area contributed by atoms with Crippen molar-refractivity contribution in [2.45, 2.75) is 56.2 Å². The second-order valence-corrected chi connectivity index (χ2v) is 10.5. The van der Waals surface area contributed by atoms with E-state index >= 15 is 0 Å². The molecule has 3 amide bonds. The fourth-order valence-corrected chi connectivity index (χ4v) is 6.64. The molecule has 3 saturated heterocycles. The summed E-state index contributed by atoms with van der Waals surface area (Å²) in [6.07, 6.45) is 0.594. The molecular weight excluding hydrogens is 488 g/mol. The van der Waals surface area contributed by atoms with Gasteiger partial charge >= 0.3 is 0 Å². The SMILES string of the molecule is N#C[C@@H](C[C@@H]1CCNC1=O)NC(=O)[C@H]1[C@@H]2CC[C@@H](CC2(F)F)N1C(=O)c1cc2scc(Cl)c2[nH]1. The molecule has 6 rings (SSSR count). The third-order valence-electron chi connectivity index (χ3n) is 7.13. The molecule has 5 atom stereocenters. The second kappa shape index (κ2) is 8.50. The first-order chi connectivity index (χ1) is 16.2. The van der Waals surface area contributed by atoms with Crippen LogP contribution >= 0.6 is 22.9 Å². The Balaban J connectivity index is 1.42. The van der Waals surface area contributed by atoms with Gasteiger partial charge in [-0.15, -0.1) is 11.3 Å². The number of thiophene rings is 1. The zero-order valence-corrected chi connectivity index (χ0v) is 19.5. The molecule has 2 aromatic heterocycles. The molecule has 1 aliphatic carbocycles. The van der Waals surface area contributed by atoms with E-state index in [0.29, 0.717) is 29.9 Å². The maximum atomic E-state index is 14.9. The lowest BCUT2D eigenvalue weighted by Crippen LogP contribution is -2.68. The Morgan fingerprint density at radius 1 is 1.38 bits per heavy atom. The second-order valence-electron chi connectivity index (χ2n) is 9.17. The first-order valence-electron chi connectivity index (χ1n) is 11.1. The summed E-state index contributed by atoms with van der Waals surface area (Å²) in [5.74, 6) is -6.42. The van der Waals surface area contributed by atoms with Crippen LogP contribution in [0.5, 0.6) is 0 Å². The van der Waals surface area contributed by atoms with E-state index in [1.165, 1.54) is 16.2 Å². The number of aromatic nitrogens is 1. The lowest BCUT2D eigenvalue weighted by atomic mass is 9.71. The van der Waals surface area contributed by atoms with Gasteiger partial charge in [0.25, 0.3) is 11.8 Å². The molecule has 3 N–H and O–H groups in total. The molecule has 4 fully saturated rings. The zero-order chi connectivity index (χ0) is 24.2. The summed E-state index contributed by atoms with van der Waals surface area (Å²) in [5.41, 5.74) is 0.764. The smallest absolute Gasteiger partial charge is 0.271 e. The molecule has 2 bridgehead atoms. The normalized spacial score (nSPS) is 28.5. The Morgan fingerprint density at radius 2 is 2.18 bits per heavy atom. The first-order valence-corrected chi connectivity index (χ1v) is 12.4. The van der Waals surface area contributed by atoms with E-state index in [9.17, 15) is 28.4 Å². The van der Waals surface area contributed by atoms with Crippen LogP contribution in [0.25, 0.3) is 10.2 Å². The molecule has 0 spiro atoms. The van der Waals surface area contributed by atoms with E-state index in [0.717, 1.165) is 4.70 Å². The molecule has 3 aliphatic heterocycles. The van der Waals surface area contributed by atoms with Gasteiger partial charge in [-0.3, -0.25) is 14.4 Å². The number of hydrogen-bond donors (Lipinski definition) is 3. The van der Waals surface area contributed by atoms with Crippen LogP contribution in [0.4, 0.5) is 8.78 Å². The van der Waals surface area contributed by atoms with Gasteiger partial charge in [0.1, 0.15) is 17.8 Å². The van der Waals surface area contributed by atoms with Crippen molar-refractivity contribution in [2.75, 3.05) is 6.54 Å². The van der Waals surface area contributed by atoms with Gasteiger partial charge in [-0.05, 0) is 31.7 Å².